The molecule has 11 heavy (non-hydrogen) atoms. The summed E-state index contributed by atoms with van der Waals surface area (Å²) in [4.78, 5) is 2.25. The Labute approximate surface area is 72.8 Å². The number of hydrogen-bond acceptors (Lipinski definition) is 2. The number of nitrogens with zero attached hydrogens (tertiary/aromatic N) is 1. The number of ether oxygens (including phenoxy) is 1. The molecule has 1 atom stereocenters. The van der Waals surface area contributed by atoms with E-state index in [2.05, 4.69) is 11.5 Å². The topological polar surface area (TPSA) is 12.5 Å². The summed E-state index contributed by atoms with van der Waals surface area (Å²) >= 11 is 5.95. The number of alkyl halides is 1. The molecular formula is C8H14ClNO. The molecule has 2 nitrogen and oxygen atoms in total. The van der Waals surface area contributed by atoms with E-state index in [0.717, 1.165) is 26.2 Å². The van der Waals surface area contributed by atoms with Crippen LogP contribution in [-0.4, -0.2) is 43.1 Å². The van der Waals surface area contributed by atoms with E-state index < -0.39 is 0 Å². The summed E-state index contributed by atoms with van der Waals surface area (Å²) in [6.45, 7) is 7.94. The van der Waals surface area contributed by atoms with Crippen LogP contribution in [0.2, 0.25) is 0 Å². The minimum absolute atomic E-state index is 0.137. The maximum absolute atomic E-state index is 5.95. The Kier molecular flexibility index (Phi) is 3.91. The molecule has 0 spiro atoms. The molecule has 0 N–H and O–H groups in total. The van der Waals surface area contributed by atoms with Gasteiger partial charge in [-0.1, -0.05) is 6.08 Å². The number of rotatable bonds is 2. The molecule has 0 amide bonds. The lowest BCUT2D eigenvalue weighted by atomic mass is 10.4. The van der Waals surface area contributed by atoms with Crippen LogP contribution in [-0.2, 0) is 4.74 Å². The highest BCUT2D eigenvalue weighted by atomic mass is 35.5. The molecule has 1 heterocycles. The molecule has 1 fully saturated rings. The minimum atomic E-state index is 0.137. The average molecular weight is 176 g/mol. The number of halogens is 1. The molecule has 1 rings (SSSR count). The van der Waals surface area contributed by atoms with Crippen molar-refractivity contribution in [1.29, 1.82) is 0 Å². The fourth-order valence-corrected chi connectivity index (χ4v) is 1.46. The van der Waals surface area contributed by atoms with Crippen LogP contribution in [0.25, 0.3) is 0 Å². The fourth-order valence-electron chi connectivity index (χ4n) is 1.18. The van der Waals surface area contributed by atoms with Crippen LogP contribution in [0.3, 0.4) is 0 Å². The van der Waals surface area contributed by atoms with Crippen LogP contribution in [0, 0.1) is 0 Å². The molecule has 3 heteroatoms. The Hall–Kier alpha value is -0.0500. The van der Waals surface area contributed by atoms with E-state index in [1.54, 1.807) is 0 Å². The van der Waals surface area contributed by atoms with Crippen molar-refractivity contribution < 1.29 is 4.74 Å². The highest BCUT2D eigenvalue weighted by molar-refractivity contribution is 6.20. The van der Waals surface area contributed by atoms with Crippen molar-refractivity contribution in [3.8, 4) is 0 Å². The van der Waals surface area contributed by atoms with Crippen molar-refractivity contribution in [3.63, 3.8) is 0 Å². The highest BCUT2D eigenvalue weighted by Gasteiger charge is 2.14. The van der Waals surface area contributed by atoms with Crippen LogP contribution in [0.4, 0.5) is 0 Å². The second-order valence-electron chi connectivity index (χ2n) is 2.72. The molecule has 1 saturated heterocycles. The molecule has 64 valence electrons. The van der Waals surface area contributed by atoms with E-state index in [1.807, 2.05) is 6.08 Å². The van der Waals surface area contributed by atoms with Crippen molar-refractivity contribution in [3.05, 3.63) is 12.7 Å². The Morgan fingerprint density at radius 2 is 2.55 bits per heavy atom. The summed E-state index contributed by atoms with van der Waals surface area (Å²) in [6, 6.07) is 0. The normalized spacial score (nSPS) is 27.9. The zero-order valence-corrected chi connectivity index (χ0v) is 7.39. The minimum Gasteiger partial charge on any atom is -0.379 e. The van der Waals surface area contributed by atoms with Gasteiger partial charge in [-0.05, 0) is 0 Å². The van der Waals surface area contributed by atoms with Gasteiger partial charge in [-0.2, -0.15) is 0 Å². The third kappa shape index (κ3) is 3.23. The zero-order valence-electron chi connectivity index (χ0n) is 6.63. The molecule has 0 aromatic rings. The number of hydrogen-bond donors (Lipinski definition) is 0. The molecule has 0 radical (unpaired) electrons. The van der Waals surface area contributed by atoms with Gasteiger partial charge in [0.25, 0.3) is 0 Å². The molecule has 1 unspecified atom stereocenters. The predicted molar refractivity (Wildman–Crippen MR) is 47.1 cm³/mol. The van der Waals surface area contributed by atoms with Crippen LogP contribution in [0.1, 0.15) is 0 Å². The van der Waals surface area contributed by atoms with Crippen LogP contribution in [0.5, 0.6) is 0 Å². The molecule has 0 aromatic carbocycles. The molecule has 0 aliphatic carbocycles. The Morgan fingerprint density at radius 1 is 1.73 bits per heavy atom. The summed E-state index contributed by atoms with van der Waals surface area (Å²) in [7, 11) is 0. The van der Waals surface area contributed by atoms with Crippen molar-refractivity contribution in [2.45, 2.75) is 5.38 Å². The van der Waals surface area contributed by atoms with Gasteiger partial charge in [0, 0.05) is 19.6 Å². The van der Waals surface area contributed by atoms with Gasteiger partial charge >= 0.3 is 0 Å². The zero-order chi connectivity index (χ0) is 8.10. The Bertz CT molecular complexity index is 129. The third-order valence-electron chi connectivity index (χ3n) is 1.69. The molecule has 0 bridgehead atoms. The predicted octanol–water partition coefficient (Wildman–Crippen LogP) is 1.11. The van der Waals surface area contributed by atoms with Gasteiger partial charge in [0.1, 0.15) is 0 Å². The van der Waals surface area contributed by atoms with Gasteiger partial charge in [0.2, 0.25) is 0 Å². The largest absolute Gasteiger partial charge is 0.379 e. The standard InChI is InChI=1S/C8H14ClNO/c1-2-3-10-4-5-11-7-8(9)6-10/h2,8H,1,3-7H2. The first-order chi connectivity index (χ1) is 5.33. The lowest BCUT2D eigenvalue weighted by molar-refractivity contribution is 0.144. The molecule has 0 saturated carbocycles. The van der Waals surface area contributed by atoms with Crippen LogP contribution < -0.4 is 0 Å². The van der Waals surface area contributed by atoms with Crippen LogP contribution in [0.15, 0.2) is 12.7 Å². The maximum Gasteiger partial charge on any atom is 0.0696 e. The van der Waals surface area contributed by atoms with Gasteiger partial charge in [-0.3, -0.25) is 4.90 Å². The quantitative estimate of drug-likeness (QED) is 0.461. The summed E-state index contributed by atoms with van der Waals surface area (Å²) in [6.07, 6.45) is 1.90. The first-order valence-corrected chi connectivity index (χ1v) is 4.31. The molecule has 1 aliphatic heterocycles. The lowest BCUT2D eigenvalue weighted by Gasteiger charge is -2.17. The average Bonchev–Trinajstić information content (AvgIpc) is 2.15. The summed E-state index contributed by atoms with van der Waals surface area (Å²) in [5.41, 5.74) is 0. The molecule has 1 aliphatic rings. The van der Waals surface area contributed by atoms with Gasteiger partial charge in [-0.15, -0.1) is 18.2 Å². The van der Waals surface area contributed by atoms with Crippen molar-refractivity contribution in [2.24, 2.45) is 0 Å². The second-order valence-corrected chi connectivity index (χ2v) is 3.34. The van der Waals surface area contributed by atoms with E-state index >= 15 is 0 Å². The Morgan fingerprint density at radius 3 is 3.27 bits per heavy atom. The van der Waals surface area contributed by atoms with Crippen molar-refractivity contribution in [2.75, 3.05) is 32.8 Å². The maximum atomic E-state index is 5.95. The first kappa shape index (κ1) is 9.04. The molecular weight excluding hydrogens is 162 g/mol. The van der Waals surface area contributed by atoms with Gasteiger partial charge in [0.15, 0.2) is 0 Å². The van der Waals surface area contributed by atoms with Gasteiger partial charge < -0.3 is 4.74 Å². The van der Waals surface area contributed by atoms with E-state index in [-0.39, 0.29) is 5.38 Å². The molecule has 0 aromatic heterocycles. The van der Waals surface area contributed by atoms with Crippen molar-refractivity contribution in [1.82, 2.24) is 4.90 Å². The fraction of sp³-hybridized carbons (Fsp3) is 0.750. The van der Waals surface area contributed by atoms with Gasteiger partial charge in [0.05, 0.1) is 18.6 Å². The third-order valence-corrected chi connectivity index (χ3v) is 1.96. The van der Waals surface area contributed by atoms with E-state index in [1.165, 1.54) is 0 Å². The Balaban J connectivity index is 2.32. The first-order valence-electron chi connectivity index (χ1n) is 3.88. The summed E-state index contributed by atoms with van der Waals surface area (Å²) in [5, 5.41) is 0.137. The van der Waals surface area contributed by atoms with Crippen LogP contribution >= 0.6 is 11.6 Å². The SMILES string of the molecule is C=CCN1CCOCC(Cl)C1. The monoisotopic (exact) mass is 175 g/mol. The van der Waals surface area contributed by atoms with E-state index in [9.17, 15) is 0 Å². The van der Waals surface area contributed by atoms with E-state index in [0.29, 0.717) is 6.61 Å². The second kappa shape index (κ2) is 4.75. The smallest absolute Gasteiger partial charge is 0.0696 e. The summed E-state index contributed by atoms with van der Waals surface area (Å²) in [5.74, 6) is 0. The van der Waals surface area contributed by atoms with E-state index in [4.69, 9.17) is 16.3 Å². The highest BCUT2D eigenvalue weighted by Crippen LogP contribution is 2.05. The van der Waals surface area contributed by atoms with Gasteiger partial charge in [-0.25, -0.2) is 0 Å². The summed E-state index contributed by atoms with van der Waals surface area (Å²) < 4.78 is 5.28. The lowest BCUT2D eigenvalue weighted by Crippen LogP contribution is -2.30. The van der Waals surface area contributed by atoms with Crippen molar-refractivity contribution >= 4 is 11.6 Å².